The first-order valence-electron chi connectivity index (χ1n) is 5.94. The van der Waals surface area contributed by atoms with E-state index in [4.69, 9.17) is 16.3 Å². The summed E-state index contributed by atoms with van der Waals surface area (Å²) >= 11 is 5.72. The van der Waals surface area contributed by atoms with Gasteiger partial charge in [-0.3, -0.25) is 0 Å². The van der Waals surface area contributed by atoms with E-state index < -0.39 is 0 Å². The van der Waals surface area contributed by atoms with Crippen LogP contribution in [-0.2, 0) is 0 Å². The van der Waals surface area contributed by atoms with Gasteiger partial charge in [-0.15, -0.1) is 0 Å². The fraction of sp³-hybridized carbons (Fsp3) is 0.667. The minimum absolute atomic E-state index is 0.407. The largest absolute Gasteiger partial charge is 0.478 e. The molecule has 0 aliphatic heterocycles. The molecule has 0 radical (unpaired) electrons. The van der Waals surface area contributed by atoms with E-state index in [1.54, 1.807) is 6.07 Å². The van der Waals surface area contributed by atoms with Crippen LogP contribution in [0.3, 0.4) is 0 Å². The topological polar surface area (TPSA) is 47.0 Å². The van der Waals surface area contributed by atoms with Gasteiger partial charge in [-0.25, -0.2) is 9.97 Å². The second kappa shape index (κ2) is 7.45. The van der Waals surface area contributed by atoms with Crippen molar-refractivity contribution in [2.45, 2.75) is 45.7 Å². The van der Waals surface area contributed by atoms with Crippen LogP contribution in [0.15, 0.2) is 12.4 Å². The first-order valence-corrected chi connectivity index (χ1v) is 6.32. The molecule has 1 aromatic heterocycles. The molecule has 1 unspecified atom stereocenters. The van der Waals surface area contributed by atoms with E-state index in [0.29, 0.717) is 29.7 Å². The van der Waals surface area contributed by atoms with E-state index in [0.717, 1.165) is 12.8 Å². The highest BCUT2D eigenvalue weighted by molar-refractivity contribution is 6.29. The normalized spacial score (nSPS) is 12.8. The Balaban J connectivity index is 2.16. The van der Waals surface area contributed by atoms with Crippen molar-refractivity contribution in [3.05, 3.63) is 17.5 Å². The Hall–Kier alpha value is -0.870. The Labute approximate surface area is 108 Å². The summed E-state index contributed by atoms with van der Waals surface area (Å²) in [4.78, 5) is 7.76. The molecule has 0 aliphatic rings. The summed E-state index contributed by atoms with van der Waals surface area (Å²) in [5, 5.41) is 3.86. The van der Waals surface area contributed by atoms with E-state index >= 15 is 0 Å². The lowest BCUT2D eigenvalue weighted by Crippen LogP contribution is -2.32. The molecule has 17 heavy (non-hydrogen) atoms. The number of halogens is 1. The minimum atomic E-state index is 0.407. The molecular formula is C12H20ClN3O. The zero-order chi connectivity index (χ0) is 12.7. The SMILES string of the molecule is CC(C)NC(C)CCCOc1cc(Cl)ncn1. The molecule has 0 aliphatic carbocycles. The number of aromatic nitrogens is 2. The van der Waals surface area contributed by atoms with Gasteiger partial charge in [0.1, 0.15) is 11.5 Å². The zero-order valence-electron chi connectivity index (χ0n) is 10.6. The lowest BCUT2D eigenvalue weighted by Gasteiger charge is -2.16. The van der Waals surface area contributed by atoms with Crippen molar-refractivity contribution < 1.29 is 4.74 Å². The maximum atomic E-state index is 5.72. The molecule has 1 rings (SSSR count). The highest BCUT2D eigenvalue weighted by Gasteiger charge is 2.03. The number of hydrogen-bond acceptors (Lipinski definition) is 4. The Kier molecular flexibility index (Phi) is 6.22. The van der Waals surface area contributed by atoms with Crippen molar-refractivity contribution in [2.75, 3.05) is 6.61 Å². The smallest absolute Gasteiger partial charge is 0.217 e. The Morgan fingerprint density at radius 2 is 2.12 bits per heavy atom. The fourth-order valence-corrected chi connectivity index (χ4v) is 1.75. The van der Waals surface area contributed by atoms with Gasteiger partial charge in [0.05, 0.1) is 6.61 Å². The summed E-state index contributed by atoms with van der Waals surface area (Å²) in [6.07, 6.45) is 3.47. The number of nitrogens with zero attached hydrogens (tertiary/aromatic N) is 2. The monoisotopic (exact) mass is 257 g/mol. The number of rotatable bonds is 7. The third kappa shape index (κ3) is 6.44. The van der Waals surface area contributed by atoms with Crippen LogP contribution in [0.4, 0.5) is 0 Å². The molecule has 4 nitrogen and oxygen atoms in total. The van der Waals surface area contributed by atoms with Crippen LogP contribution >= 0.6 is 11.6 Å². The molecule has 0 bridgehead atoms. The molecule has 1 heterocycles. The molecule has 96 valence electrons. The third-order valence-electron chi connectivity index (χ3n) is 2.26. The van der Waals surface area contributed by atoms with Crippen LogP contribution < -0.4 is 10.1 Å². The molecule has 5 heteroatoms. The van der Waals surface area contributed by atoms with E-state index in [1.165, 1.54) is 6.33 Å². The first-order chi connectivity index (χ1) is 8.08. The van der Waals surface area contributed by atoms with Crippen LogP contribution in [-0.4, -0.2) is 28.7 Å². The highest BCUT2D eigenvalue weighted by Crippen LogP contribution is 2.11. The predicted octanol–water partition coefficient (Wildman–Crippen LogP) is 2.68. The maximum Gasteiger partial charge on any atom is 0.217 e. The Bertz CT molecular complexity index is 333. The number of nitrogens with one attached hydrogen (secondary N) is 1. The van der Waals surface area contributed by atoms with Crippen molar-refractivity contribution >= 4 is 11.6 Å². The second-order valence-electron chi connectivity index (χ2n) is 4.39. The minimum Gasteiger partial charge on any atom is -0.478 e. The third-order valence-corrected chi connectivity index (χ3v) is 2.46. The molecule has 0 fully saturated rings. The lowest BCUT2D eigenvalue weighted by molar-refractivity contribution is 0.285. The molecule has 0 amide bonds. The van der Waals surface area contributed by atoms with E-state index in [9.17, 15) is 0 Å². The van der Waals surface area contributed by atoms with Gasteiger partial charge < -0.3 is 10.1 Å². The Morgan fingerprint density at radius 3 is 2.76 bits per heavy atom. The molecular weight excluding hydrogens is 238 g/mol. The van der Waals surface area contributed by atoms with Gasteiger partial charge in [0.15, 0.2) is 0 Å². The van der Waals surface area contributed by atoms with Gasteiger partial charge in [0, 0.05) is 18.2 Å². The van der Waals surface area contributed by atoms with Crippen LogP contribution in [0.2, 0.25) is 5.15 Å². The molecule has 0 spiro atoms. The maximum absolute atomic E-state index is 5.72. The summed E-state index contributed by atoms with van der Waals surface area (Å²) in [5.74, 6) is 0.537. The van der Waals surface area contributed by atoms with Gasteiger partial charge in [-0.1, -0.05) is 25.4 Å². The lowest BCUT2D eigenvalue weighted by atomic mass is 10.2. The summed E-state index contributed by atoms with van der Waals surface area (Å²) < 4.78 is 5.48. The summed E-state index contributed by atoms with van der Waals surface area (Å²) in [5.41, 5.74) is 0. The fourth-order valence-electron chi connectivity index (χ4n) is 1.61. The number of hydrogen-bond donors (Lipinski definition) is 1. The van der Waals surface area contributed by atoms with Gasteiger partial charge in [-0.2, -0.15) is 0 Å². The summed E-state index contributed by atoms with van der Waals surface area (Å²) in [7, 11) is 0. The van der Waals surface area contributed by atoms with Crippen LogP contribution in [0.5, 0.6) is 5.88 Å². The number of ether oxygens (including phenoxy) is 1. The first kappa shape index (κ1) is 14.2. The van der Waals surface area contributed by atoms with Crippen LogP contribution in [0, 0.1) is 0 Å². The second-order valence-corrected chi connectivity index (χ2v) is 4.78. The zero-order valence-corrected chi connectivity index (χ0v) is 11.4. The molecule has 0 aromatic carbocycles. The Morgan fingerprint density at radius 1 is 1.35 bits per heavy atom. The standard InChI is InChI=1S/C12H20ClN3O/c1-9(2)16-10(3)5-4-6-17-12-7-11(13)14-8-15-12/h7-10,16H,4-6H2,1-3H3. The van der Waals surface area contributed by atoms with Crippen molar-refractivity contribution in [3.8, 4) is 5.88 Å². The van der Waals surface area contributed by atoms with Crippen molar-refractivity contribution in [1.29, 1.82) is 0 Å². The van der Waals surface area contributed by atoms with Gasteiger partial charge in [0.25, 0.3) is 0 Å². The average molecular weight is 258 g/mol. The van der Waals surface area contributed by atoms with Crippen molar-refractivity contribution in [1.82, 2.24) is 15.3 Å². The quantitative estimate of drug-likeness (QED) is 0.603. The predicted molar refractivity (Wildman–Crippen MR) is 69.5 cm³/mol. The van der Waals surface area contributed by atoms with Crippen molar-refractivity contribution in [3.63, 3.8) is 0 Å². The van der Waals surface area contributed by atoms with E-state index in [1.807, 2.05) is 0 Å². The molecule has 1 aromatic rings. The van der Waals surface area contributed by atoms with Crippen molar-refractivity contribution in [2.24, 2.45) is 0 Å². The highest BCUT2D eigenvalue weighted by atomic mass is 35.5. The van der Waals surface area contributed by atoms with Gasteiger partial charge in [-0.05, 0) is 19.8 Å². The van der Waals surface area contributed by atoms with Crippen LogP contribution in [0.25, 0.3) is 0 Å². The van der Waals surface area contributed by atoms with E-state index in [-0.39, 0.29) is 0 Å². The van der Waals surface area contributed by atoms with Crippen LogP contribution in [0.1, 0.15) is 33.6 Å². The molecule has 0 saturated heterocycles. The summed E-state index contributed by atoms with van der Waals surface area (Å²) in [6.45, 7) is 7.13. The molecule has 1 N–H and O–H groups in total. The molecule has 1 atom stereocenters. The molecule has 0 saturated carbocycles. The van der Waals surface area contributed by atoms with Gasteiger partial charge >= 0.3 is 0 Å². The van der Waals surface area contributed by atoms with Gasteiger partial charge in [0.2, 0.25) is 5.88 Å². The summed E-state index contributed by atoms with van der Waals surface area (Å²) in [6, 6.07) is 2.65. The average Bonchev–Trinajstić information content (AvgIpc) is 2.23. The van der Waals surface area contributed by atoms with E-state index in [2.05, 4.69) is 36.1 Å².